The number of aryl methyl sites for hydroxylation is 1. The van der Waals surface area contributed by atoms with Gasteiger partial charge in [0.05, 0.1) is 6.61 Å². The van der Waals surface area contributed by atoms with E-state index in [0.717, 1.165) is 23.4 Å². The molecule has 0 unspecified atom stereocenters. The molecule has 0 saturated carbocycles. The van der Waals surface area contributed by atoms with Gasteiger partial charge in [0.15, 0.2) is 11.6 Å². The van der Waals surface area contributed by atoms with Crippen LogP contribution in [0.2, 0.25) is 0 Å². The molecule has 0 bridgehead atoms. The fourth-order valence-electron chi connectivity index (χ4n) is 2.41. The van der Waals surface area contributed by atoms with E-state index in [1.807, 2.05) is 31.2 Å². The highest BCUT2D eigenvalue weighted by molar-refractivity contribution is 5.93. The van der Waals surface area contributed by atoms with Gasteiger partial charge in [-0.25, -0.2) is 8.78 Å². The van der Waals surface area contributed by atoms with Crippen LogP contribution in [0, 0.1) is 18.6 Å². The summed E-state index contributed by atoms with van der Waals surface area (Å²) >= 11 is 0. The molecule has 0 fully saturated rings. The molecule has 0 spiro atoms. The molecule has 0 aromatic heterocycles. The van der Waals surface area contributed by atoms with Crippen LogP contribution in [-0.4, -0.2) is 19.1 Å². The molecule has 0 N–H and O–H groups in total. The maximum Gasteiger partial charge on any atom is 0.227 e. The first kappa shape index (κ1) is 17.9. The minimum absolute atomic E-state index is 0.142. The highest BCUT2D eigenvalue weighted by Crippen LogP contribution is 2.19. The zero-order valence-corrected chi connectivity index (χ0v) is 13.9. The van der Waals surface area contributed by atoms with E-state index >= 15 is 0 Å². The lowest BCUT2D eigenvalue weighted by molar-refractivity contribution is -0.118. The summed E-state index contributed by atoms with van der Waals surface area (Å²) in [4.78, 5) is 13.7. The van der Waals surface area contributed by atoms with Crippen molar-refractivity contribution < 1.29 is 18.3 Å². The van der Waals surface area contributed by atoms with Crippen molar-refractivity contribution >= 4 is 11.6 Å². The molecule has 5 heteroatoms. The number of benzene rings is 2. The fourth-order valence-corrected chi connectivity index (χ4v) is 2.41. The van der Waals surface area contributed by atoms with Crippen LogP contribution in [-0.2, 0) is 4.79 Å². The summed E-state index contributed by atoms with van der Waals surface area (Å²) in [5.41, 5.74) is 1.47. The quantitative estimate of drug-likeness (QED) is 0.699. The van der Waals surface area contributed by atoms with Crippen molar-refractivity contribution in [3.05, 3.63) is 59.7 Å². The lowest BCUT2D eigenvalue weighted by Gasteiger charge is -2.21. The second kappa shape index (κ2) is 8.43. The van der Waals surface area contributed by atoms with E-state index < -0.39 is 11.6 Å². The van der Waals surface area contributed by atoms with Crippen LogP contribution >= 0.6 is 0 Å². The summed E-state index contributed by atoms with van der Waals surface area (Å²) in [6.45, 7) is 4.59. The standard InChI is InChI=1S/C19H21F2NO2/c1-3-22(15-9-10-17(20)18(21)13-15)19(23)8-5-11-24-16-7-4-6-14(2)12-16/h4,6-7,9-10,12-13H,3,5,8,11H2,1-2H3. The summed E-state index contributed by atoms with van der Waals surface area (Å²) in [5.74, 6) is -1.25. The minimum Gasteiger partial charge on any atom is -0.494 e. The van der Waals surface area contributed by atoms with E-state index in [9.17, 15) is 13.6 Å². The van der Waals surface area contributed by atoms with Crippen molar-refractivity contribution in [3.63, 3.8) is 0 Å². The molecule has 0 radical (unpaired) electrons. The molecule has 2 rings (SSSR count). The van der Waals surface area contributed by atoms with E-state index in [2.05, 4.69) is 0 Å². The summed E-state index contributed by atoms with van der Waals surface area (Å²) in [7, 11) is 0. The molecule has 0 aliphatic rings. The molecule has 1 amide bonds. The second-order valence-electron chi connectivity index (χ2n) is 5.50. The number of hydrogen-bond acceptors (Lipinski definition) is 2. The number of hydrogen-bond donors (Lipinski definition) is 0. The number of amides is 1. The Labute approximate surface area is 140 Å². The zero-order valence-electron chi connectivity index (χ0n) is 13.9. The van der Waals surface area contributed by atoms with Crippen LogP contribution in [0.15, 0.2) is 42.5 Å². The number of ether oxygens (including phenoxy) is 1. The predicted molar refractivity (Wildman–Crippen MR) is 90.3 cm³/mol. The maximum absolute atomic E-state index is 13.3. The monoisotopic (exact) mass is 333 g/mol. The molecular weight excluding hydrogens is 312 g/mol. The van der Waals surface area contributed by atoms with Crippen LogP contribution in [0.3, 0.4) is 0 Å². The Balaban J connectivity index is 1.86. The third-order valence-electron chi connectivity index (χ3n) is 3.63. The van der Waals surface area contributed by atoms with Crippen molar-refractivity contribution in [1.82, 2.24) is 0 Å². The number of carbonyl (C=O) groups excluding carboxylic acids is 1. The van der Waals surface area contributed by atoms with E-state index in [4.69, 9.17) is 4.74 Å². The van der Waals surface area contributed by atoms with Crippen molar-refractivity contribution in [2.75, 3.05) is 18.1 Å². The summed E-state index contributed by atoms with van der Waals surface area (Å²) in [5, 5.41) is 0. The molecule has 2 aromatic carbocycles. The number of nitrogens with zero attached hydrogens (tertiary/aromatic N) is 1. The van der Waals surface area contributed by atoms with E-state index in [0.29, 0.717) is 25.3 Å². The average molecular weight is 333 g/mol. The Hall–Kier alpha value is -2.43. The van der Waals surface area contributed by atoms with Crippen molar-refractivity contribution in [3.8, 4) is 5.75 Å². The molecule has 0 heterocycles. The van der Waals surface area contributed by atoms with Crippen molar-refractivity contribution in [1.29, 1.82) is 0 Å². The topological polar surface area (TPSA) is 29.5 Å². The first-order valence-corrected chi connectivity index (χ1v) is 7.96. The first-order valence-electron chi connectivity index (χ1n) is 7.96. The second-order valence-corrected chi connectivity index (χ2v) is 5.50. The maximum atomic E-state index is 13.3. The van der Waals surface area contributed by atoms with Gasteiger partial charge in [-0.2, -0.15) is 0 Å². The van der Waals surface area contributed by atoms with Gasteiger partial charge < -0.3 is 9.64 Å². The molecule has 24 heavy (non-hydrogen) atoms. The molecule has 0 aliphatic heterocycles. The molecular formula is C19H21F2NO2. The average Bonchev–Trinajstić information content (AvgIpc) is 2.55. The van der Waals surface area contributed by atoms with Gasteiger partial charge >= 0.3 is 0 Å². The minimum atomic E-state index is -0.957. The smallest absolute Gasteiger partial charge is 0.227 e. The van der Waals surface area contributed by atoms with Gasteiger partial charge in [0.25, 0.3) is 0 Å². The molecule has 2 aromatic rings. The highest BCUT2D eigenvalue weighted by atomic mass is 19.2. The van der Waals surface area contributed by atoms with Gasteiger partial charge in [0.1, 0.15) is 5.75 Å². The lowest BCUT2D eigenvalue weighted by Crippen LogP contribution is -2.30. The summed E-state index contributed by atoms with van der Waals surface area (Å²) in [6, 6.07) is 11.2. The Kier molecular flexibility index (Phi) is 6.29. The van der Waals surface area contributed by atoms with E-state index in [1.165, 1.54) is 11.0 Å². The van der Waals surface area contributed by atoms with Gasteiger partial charge in [-0.3, -0.25) is 4.79 Å². The van der Waals surface area contributed by atoms with Crippen LogP contribution in [0.4, 0.5) is 14.5 Å². The molecule has 0 atom stereocenters. The molecule has 0 saturated heterocycles. The number of anilines is 1. The van der Waals surface area contributed by atoms with Crippen LogP contribution < -0.4 is 9.64 Å². The Morgan fingerprint density at radius 2 is 1.92 bits per heavy atom. The Morgan fingerprint density at radius 3 is 2.58 bits per heavy atom. The van der Waals surface area contributed by atoms with Gasteiger partial charge in [0, 0.05) is 24.7 Å². The van der Waals surface area contributed by atoms with Crippen molar-refractivity contribution in [2.24, 2.45) is 0 Å². The summed E-state index contributed by atoms with van der Waals surface area (Å²) in [6.07, 6.45) is 0.825. The fraction of sp³-hybridized carbons (Fsp3) is 0.316. The highest BCUT2D eigenvalue weighted by Gasteiger charge is 2.15. The van der Waals surface area contributed by atoms with E-state index in [1.54, 1.807) is 6.92 Å². The zero-order chi connectivity index (χ0) is 17.5. The number of rotatable bonds is 7. The lowest BCUT2D eigenvalue weighted by atomic mass is 10.2. The van der Waals surface area contributed by atoms with Gasteiger partial charge in [-0.1, -0.05) is 12.1 Å². The third kappa shape index (κ3) is 4.78. The van der Waals surface area contributed by atoms with E-state index in [-0.39, 0.29) is 12.3 Å². The number of halogens is 2. The first-order chi connectivity index (χ1) is 11.5. The van der Waals surface area contributed by atoms with Gasteiger partial charge in [-0.15, -0.1) is 0 Å². The van der Waals surface area contributed by atoms with Crippen LogP contribution in [0.1, 0.15) is 25.3 Å². The Bertz CT molecular complexity index is 704. The Morgan fingerprint density at radius 1 is 1.12 bits per heavy atom. The SMILES string of the molecule is CCN(C(=O)CCCOc1cccc(C)c1)c1ccc(F)c(F)c1. The molecule has 0 aliphatic carbocycles. The van der Waals surface area contributed by atoms with Crippen molar-refractivity contribution in [2.45, 2.75) is 26.7 Å². The summed E-state index contributed by atoms with van der Waals surface area (Å²) < 4.78 is 32.0. The largest absolute Gasteiger partial charge is 0.494 e. The molecule has 128 valence electrons. The normalized spacial score (nSPS) is 10.5. The third-order valence-corrected chi connectivity index (χ3v) is 3.63. The van der Waals surface area contributed by atoms with Crippen LogP contribution in [0.25, 0.3) is 0 Å². The molecule has 3 nitrogen and oxygen atoms in total. The van der Waals surface area contributed by atoms with Crippen LogP contribution in [0.5, 0.6) is 5.75 Å². The van der Waals surface area contributed by atoms with Gasteiger partial charge in [-0.05, 0) is 50.1 Å². The number of carbonyl (C=O) groups is 1. The van der Waals surface area contributed by atoms with Gasteiger partial charge in [0.2, 0.25) is 5.91 Å². The predicted octanol–water partition coefficient (Wildman–Crippen LogP) is 4.49.